The van der Waals surface area contributed by atoms with Gasteiger partial charge in [-0.1, -0.05) is 60.9 Å². The molecule has 8 bridgehead atoms. The monoisotopic (exact) mass is 653 g/mol. The van der Waals surface area contributed by atoms with Crippen molar-refractivity contribution in [3.63, 3.8) is 0 Å². The number of aliphatic hydroxyl groups is 2. The molecule has 5 rings (SSSR count). The summed E-state index contributed by atoms with van der Waals surface area (Å²) in [6.07, 6.45) is 3.85. The summed E-state index contributed by atoms with van der Waals surface area (Å²) in [5, 5.41) is 19.3. The van der Waals surface area contributed by atoms with E-state index < -0.39 is 5.41 Å². The van der Waals surface area contributed by atoms with Gasteiger partial charge in [0, 0.05) is 56.5 Å². The fourth-order valence-electron chi connectivity index (χ4n) is 6.76. The zero-order chi connectivity index (χ0) is 31.8. The van der Waals surface area contributed by atoms with E-state index in [4.69, 9.17) is 19.9 Å². The van der Waals surface area contributed by atoms with Crippen LogP contribution in [0.25, 0.3) is 33.2 Å². The molecule has 0 saturated carbocycles. The molecule has 2 aliphatic heterocycles. The van der Waals surface area contributed by atoms with E-state index in [1.54, 1.807) is 19.0 Å². The van der Waals surface area contributed by atoms with Crippen LogP contribution in [-0.4, -0.2) is 58.3 Å². The molecule has 0 spiro atoms. The normalized spacial score (nSPS) is 17.8. The summed E-state index contributed by atoms with van der Waals surface area (Å²) < 4.78 is 0. The average Bonchev–Trinajstić information content (AvgIpc) is 3.64. The molecular formula is C36H45N5NiO3. The summed E-state index contributed by atoms with van der Waals surface area (Å²) in [7, 11) is 3.60. The van der Waals surface area contributed by atoms with Crippen LogP contribution in [0, 0.1) is 13.8 Å². The Balaban J connectivity index is 0.00000461. The van der Waals surface area contributed by atoms with Gasteiger partial charge < -0.3 is 25.1 Å². The van der Waals surface area contributed by atoms with Crippen molar-refractivity contribution in [3.8, 4) is 0 Å². The van der Waals surface area contributed by atoms with Gasteiger partial charge in [-0.05, 0) is 64.0 Å². The van der Waals surface area contributed by atoms with Crippen molar-refractivity contribution in [2.24, 2.45) is 0 Å². The molecule has 8 nitrogen and oxygen atoms in total. The third-order valence-corrected chi connectivity index (χ3v) is 9.46. The van der Waals surface area contributed by atoms with Crippen molar-refractivity contribution in [1.82, 2.24) is 24.8 Å². The second kappa shape index (κ2) is 14.0. The molecule has 45 heavy (non-hydrogen) atoms. The zero-order valence-corrected chi connectivity index (χ0v) is 28.5. The van der Waals surface area contributed by atoms with Crippen LogP contribution in [0.5, 0.6) is 0 Å². The molecular weight excluding hydrogens is 609 g/mol. The van der Waals surface area contributed by atoms with Crippen molar-refractivity contribution in [3.05, 3.63) is 69.8 Å². The maximum absolute atomic E-state index is 13.2. The molecule has 0 fully saturated rings. The predicted molar refractivity (Wildman–Crippen MR) is 176 cm³/mol. The predicted octanol–water partition coefficient (Wildman–Crippen LogP) is 5.75. The van der Waals surface area contributed by atoms with Gasteiger partial charge in [0.25, 0.3) is 0 Å². The van der Waals surface area contributed by atoms with Gasteiger partial charge in [-0.3, -0.25) is 9.78 Å². The number of fused-ring (bicyclic) bond motifs is 8. The van der Waals surface area contributed by atoms with Crippen LogP contribution in [-0.2, 0) is 33.1 Å². The number of aromatic nitrogens is 4. The van der Waals surface area contributed by atoms with E-state index in [0.717, 1.165) is 79.1 Å². The molecule has 0 aliphatic carbocycles. The molecule has 0 radical (unpaired) electrons. The van der Waals surface area contributed by atoms with E-state index in [-0.39, 0.29) is 41.5 Å². The molecule has 2 N–H and O–H groups in total. The van der Waals surface area contributed by atoms with E-state index in [0.29, 0.717) is 32.1 Å². The molecule has 9 heteroatoms. The first-order valence-electron chi connectivity index (χ1n) is 15.7. The van der Waals surface area contributed by atoms with Crippen molar-refractivity contribution >= 4 is 39.1 Å². The Morgan fingerprint density at radius 1 is 0.911 bits per heavy atom. The Kier molecular flexibility index (Phi) is 10.8. The van der Waals surface area contributed by atoms with E-state index in [2.05, 4.69) is 52.8 Å². The van der Waals surface area contributed by atoms with Crippen LogP contribution in [0.4, 0.5) is 0 Å². The smallest absolute Gasteiger partial charge is 0.658 e. The summed E-state index contributed by atoms with van der Waals surface area (Å²) in [5.74, 6) is 0.0856. The molecule has 3 aromatic rings. The van der Waals surface area contributed by atoms with Crippen LogP contribution in [0.15, 0.2) is 30.3 Å². The summed E-state index contributed by atoms with van der Waals surface area (Å²) in [4.78, 5) is 35.2. The van der Waals surface area contributed by atoms with E-state index in [1.165, 1.54) is 0 Å². The summed E-state index contributed by atoms with van der Waals surface area (Å²) in [6.45, 7) is 10.7. The Morgan fingerprint density at radius 3 is 2.27 bits per heavy atom. The van der Waals surface area contributed by atoms with Gasteiger partial charge in [0.1, 0.15) is 0 Å². The molecule has 2 aliphatic rings. The van der Waals surface area contributed by atoms with E-state index in [9.17, 15) is 15.0 Å². The zero-order valence-electron chi connectivity index (χ0n) is 27.5. The van der Waals surface area contributed by atoms with Crippen LogP contribution >= 0.6 is 0 Å². The number of nitrogens with zero attached hydrogens (tertiary/aromatic N) is 5. The summed E-state index contributed by atoms with van der Waals surface area (Å²) in [6, 6.07) is 10.3. The Hall–Kier alpha value is -3.26. The number of amides is 1. The maximum atomic E-state index is 13.2. The largest absolute Gasteiger partial charge is 2.00 e. The molecule has 242 valence electrons. The third kappa shape index (κ3) is 6.67. The number of aryl methyl sites for hydroxylation is 3. The second-order valence-electron chi connectivity index (χ2n) is 12.7. The minimum absolute atomic E-state index is 0. The molecule has 0 aromatic carbocycles. The maximum Gasteiger partial charge on any atom is 2.00 e. The average molecular weight is 654 g/mol. The summed E-state index contributed by atoms with van der Waals surface area (Å²) >= 11 is 0. The Morgan fingerprint density at radius 2 is 1.60 bits per heavy atom. The van der Waals surface area contributed by atoms with Crippen molar-refractivity contribution in [1.29, 1.82) is 0 Å². The number of hydrogen-bond acceptors (Lipinski definition) is 5. The van der Waals surface area contributed by atoms with Gasteiger partial charge >= 0.3 is 16.5 Å². The van der Waals surface area contributed by atoms with Crippen LogP contribution in [0.2, 0.25) is 0 Å². The van der Waals surface area contributed by atoms with Gasteiger partial charge in [-0.25, -0.2) is 4.98 Å². The van der Waals surface area contributed by atoms with Crippen LogP contribution < -0.4 is 9.97 Å². The van der Waals surface area contributed by atoms with Crippen molar-refractivity contribution in [2.45, 2.75) is 84.5 Å². The number of carbonyl (C=O) groups excluding carboxylic acids is 1. The fraction of sp³-hybridized carbons (Fsp3) is 0.472. The first-order chi connectivity index (χ1) is 21.0. The van der Waals surface area contributed by atoms with E-state index in [1.807, 2.05) is 12.1 Å². The number of rotatable bonds is 9. The summed E-state index contributed by atoms with van der Waals surface area (Å²) in [5.41, 5.74) is 11.7. The minimum Gasteiger partial charge on any atom is -0.658 e. The molecule has 0 saturated heterocycles. The van der Waals surface area contributed by atoms with Gasteiger partial charge in [0.15, 0.2) is 0 Å². The van der Waals surface area contributed by atoms with E-state index >= 15 is 0 Å². The standard InChI is InChI=1S/C36H45N5O3.Ni/c1-8-27-33-18-30-23(4)26(12-10-14-43)32(39-30)19-31-25(11-9-13-42)22(3)29(38-31)17-28-21(2)15-24(37-28)16-34(40-33)36(27,5)20-35(44)41(6)7;/h15-19,27,42-43H,8-14,20H2,1-7H3;/q-2;+2. The van der Waals surface area contributed by atoms with Crippen molar-refractivity contribution < 1.29 is 31.5 Å². The second-order valence-corrected chi connectivity index (χ2v) is 12.7. The number of hydrogen-bond donors (Lipinski definition) is 2. The molecule has 2 atom stereocenters. The van der Waals surface area contributed by atoms with Crippen LogP contribution in [0.3, 0.4) is 0 Å². The first kappa shape index (κ1) is 34.6. The first-order valence-corrected chi connectivity index (χ1v) is 15.7. The van der Waals surface area contributed by atoms with Crippen molar-refractivity contribution in [2.75, 3.05) is 27.3 Å². The van der Waals surface area contributed by atoms with Gasteiger partial charge in [-0.2, -0.15) is 0 Å². The number of aliphatic hydroxyl groups excluding tert-OH is 2. The van der Waals surface area contributed by atoms with Crippen LogP contribution in [0.1, 0.15) is 98.3 Å². The Bertz CT molecular complexity index is 1770. The van der Waals surface area contributed by atoms with Gasteiger partial charge in [0.05, 0.1) is 11.4 Å². The minimum atomic E-state index is -0.512. The topological polar surface area (TPSA) is 115 Å². The van der Waals surface area contributed by atoms with Gasteiger partial charge in [0.2, 0.25) is 5.91 Å². The third-order valence-electron chi connectivity index (χ3n) is 9.46. The quantitative estimate of drug-likeness (QED) is 0.283. The Labute approximate surface area is 276 Å². The SMILES string of the molecule is CCC1c2cc3[n-]c(cc4nc(cc5[n-]c(cc(n2)C1(C)CC(=O)N(C)C)cc5C)C(C)=C4CCCO)c(CCCO)c3C.[Ni+2]. The number of allylic oxidation sites excluding steroid dienone is 2. The molecule has 1 amide bonds. The fourth-order valence-corrected chi connectivity index (χ4v) is 6.76. The molecule has 3 aromatic heterocycles. The molecule has 2 unspecified atom stereocenters. The van der Waals surface area contributed by atoms with Gasteiger partial charge in [-0.15, -0.1) is 22.1 Å². The number of carbonyl (C=O) groups is 1. The molecule has 5 heterocycles.